The molecular formula is C43H70O12S. The first-order chi connectivity index (χ1) is 27.1. The topological polar surface area (TPSA) is 178 Å². The molecule has 1 fully saturated rings. The lowest BCUT2D eigenvalue weighted by Gasteiger charge is -2.41. The van der Waals surface area contributed by atoms with E-state index in [-0.39, 0.29) is 19.6 Å². The monoisotopic (exact) mass is 810 g/mol. The minimum atomic E-state index is -5.06. The van der Waals surface area contributed by atoms with Gasteiger partial charge in [0.05, 0.1) is 19.8 Å². The molecule has 0 saturated carbocycles. The van der Waals surface area contributed by atoms with Gasteiger partial charge < -0.3 is 34.3 Å². The summed E-state index contributed by atoms with van der Waals surface area (Å²) in [7, 11) is -5.06. The molecule has 12 nitrogen and oxygen atoms in total. The highest BCUT2D eigenvalue weighted by Crippen LogP contribution is 2.26. The van der Waals surface area contributed by atoms with Gasteiger partial charge in [0, 0.05) is 13.0 Å². The van der Waals surface area contributed by atoms with Crippen LogP contribution < -0.4 is 0 Å². The highest BCUT2D eigenvalue weighted by molar-refractivity contribution is 7.80. The first-order valence-corrected chi connectivity index (χ1v) is 21.7. The Hall–Kier alpha value is -2.72. The van der Waals surface area contributed by atoms with Gasteiger partial charge in [-0.1, -0.05) is 125 Å². The lowest BCUT2D eigenvalue weighted by atomic mass is 9.99. The van der Waals surface area contributed by atoms with E-state index < -0.39 is 59.8 Å². The van der Waals surface area contributed by atoms with Crippen molar-refractivity contribution in [3.8, 4) is 0 Å². The second-order valence-electron chi connectivity index (χ2n) is 13.5. The summed E-state index contributed by atoms with van der Waals surface area (Å²) in [6.45, 7) is 3.61. The van der Waals surface area contributed by atoms with Gasteiger partial charge in [-0.05, 0) is 70.6 Å². The van der Waals surface area contributed by atoms with Crippen molar-refractivity contribution >= 4 is 16.4 Å². The smallest absolute Gasteiger partial charge is 0.397 e. The van der Waals surface area contributed by atoms with Crippen LogP contribution in [0.25, 0.3) is 0 Å². The first kappa shape index (κ1) is 51.3. The molecule has 4 N–H and O–H groups in total. The van der Waals surface area contributed by atoms with E-state index in [1.165, 1.54) is 0 Å². The summed E-state index contributed by atoms with van der Waals surface area (Å²) in [5.74, 6) is -0.433. The SMILES string of the molecule is CC/C=C\C/C=C\C/C=C\C/C=C\C/C=C\C/C=C\C/C=C\CCCCOCC(COC1OC(CO)C(O)C(OS(=O)(=O)O)C1O)OC(=O)CCCCCCC. The number of aliphatic hydroxyl groups is 3. The van der Waals surface area contributed by atoms with E-state index in [2.05, 4.69) is 103 Å². The van der Waals surface area contributed by atoms with Gasteiger partial charge >= 0.3 is 16.4 Å². The van der Waals surface area contributed by atoms with Crippen molar-refractivity contribution in [1.29, 1.82) is 0 Å². The van der Waals surface area contributed by atoms with Crippen molar-refractivity contribution in [1.82, 2.24) is 0 Å². The Morgan fingerprint density at radius 2 is 1.23 bits per heavy atom. The number of hydrogen-bond donors (Lipinski definition) is 4. The van der Waals surface area contributed by atoms with Crippen LogP contribution in [0.1, 0.15) is 117 Å². The molecular weight excluding hydrogens is 741 g/mol. The van der Waals surface area contributed by atoms with E-state index >= 15 is 0 Å². The third-order valence-corrected chi connectivity index (χ3v) is 9.00. The molecule has 6 atom stereocenters. The first-order valence-electron chi connectivity index (χ1n) is 20.3. The Kier molecular flexibility index (Phi) is 31.4. The van der Waals surface area contributed by atoms with Gasteiger partial charge in [0.25, 0.3) is 0 Å². The third kappa shape index (κ3) is 27.8. The highest BCUT2D eigenvalue weighted by Gasteiger charge is 2.48. The molecule has 1 heterocycles. The Balaban J connectivity index is 2.37. The fourth-order valence-corrected chi connectivity index (χ4v) is 5.98. The Morgan fingerprint density at radius 3 is 1.75 bits per heavy atom. The minimum absolute atomic E-state index is 0.0000853. The largest absolute Gasteiger partial charge is 0.457 e. The van der Waals surface area contributed by atoms with Gasteiger partial charge in [-0.25, -0.2) is 4.18 Å². The predicted octanol–water partition coefficient (Wildman–Crippen LogP) is 7.73. The molecule has 1 rings (SSSR count). The van der Waals surface area contributed by atoms with Crippen LogP contribution in [0.2, 0.25) is 0 Å². The van der Waals surface area contributed by atoms with Crippen LogP contribution >= 0.6 is 0 Å². The van der Waals surface area contributed by atoms with Crippen molar-refractivity contribution in [2.75, 3.05) is 26.4 Å². The summed E-state index contributed by atoms with van der Waals surface area (Å²) in [5.41, 5.74) is 0. The molecule has 0 bridgehead atoms. The molecule has 6 unspecified atom stereocenters. The van der Waals surface area contributed by atoms with E-state index in [0.29, 0.717) is 13.0 Å². The fraction of sp³-hybridized carbons (Fsp3) is 0.651. The molecule has 0 amide bonds. The number of carbonyl (C=O) groups is 1. The van der Waals surface area contributed by atoms with Crippen molar-refractivity contribution in [2.24, 2.45) is 0 Å². The molecule has 1 aliphatic rings. The molecule has 13 heteroatoms. The van der Waals surface area contributed by atoms with Crippen LogP contribution in [-0.2, 0) is 38.3 Å². The quantitative estimate of drug-likeness (QED) is 0.0220. The summed E-state index contributed by atoms with van der Waals surface area (Å²) in [5, 5.41) is 30.4. The molecule has 0 aromatic rings. The maximum atomic E-state index is 12.6. The summed E-state index contributed by atoms with van der Waals surface area (Å²) < 4.78 is 58.5. The second-order valence-corrected chi connectivity index (χ2v) is 14.5. The van der Waals surface area contributed by atoms with Crippen LogP contribution in [0.4, 0.5) is 0 Å². The van der Waals surface area contributed by atoms with Crippen molar-refractivity contribution < 1.29 is 56.2 Å². The molecule has 0 aliphatic carbocycles. The van der Waals surface area contributed by atoms with E-state index in [0.717, 1.165) is 89.9 Å². The third-order valence-electron chi connectivity index (χ3n) is 8.53. The van der Waals surface area contributed by atoms with Gasteiger partial charge in [-0.3, -0.25) is 9.35 Å². The number of carbonyl (C=O) groups excluding carboxylic acids is 1. The van der Waals surface area contributed by atoms with Crippen LogP contribution in [0, 0.1) is 0 Å². The second kappa shape index (κ2) is 34.3. The lowest BCUT2D eigenvalue weighted by molar-refractivity contribution is -0.301. The number of ether oxygens (including phenoxy) is 4. The zero-order valence-corrected chi connectivity index (χ0v) is 34.5. The normalized spacial score (nSPS) is 21.7. The number of hydrogen-bond acceptors (Lipinski definition) is 11. The van der Waals surface area contributed by atoms with Crippen LogP contribution in [0.15, 0.2) is 85.1 Å². The number of esters is 1. The molecule has 1 saturated heterocycles. The van der Waals surface area contributed by atoms with Gasteiger partial charge in [-0.2, -0.15) is 8.42 Å². The zero-order chi connectivity index (χ0) is 41.1. The molecule has 0 radical (unpaired) electrons. The summed E-state index contributed by atoms with van der Waals surface area (Å²) >= 11 is 0. The standard InChI is InChI=1S/C43H70O12S/c1-3-5-7-9-10-11-12-13-14-15-16-17-18-19-20-21-22-23-24-25-26-27-29-31-33-51-35-37(53-39(45)32-30-28-8-6-4-2)36-52-43-41(47)42(55-56(48,49)50)40(46)38(34-44)54-43/h5,7,10-11,13-14,16-17,19-20,22-23,25-26,37-38,40-44,46-47H,3-4,6,8-9,12,15,18,21,24,27-36H2,1-2H3,(H,48,49,50)/b7-5-,11-10-,14-13-,17-16-,20-19-,23-22-,26-25-. The molecule has 0 aromatic carbocycles. The predicted molar refractivity (Wildman–Crippen MR) is 220 cm³/mol. The van der Waals surface area contributed by atoms with E-state index in [9.17, 15) is 28.5 Å². The molecule has 1 aliphatic heterocycles. The average Bonchev–Trinajstić information content (AvgIpc) is 3.16. The number of allylic oxidation sites excluding steroid dienone is 14. The number of rotatable bonds is 33. The van der Waals surface area contributed by atoms with Crippen LogP contribution in [0.5, 0.6) is 0 Å². The molecule has 0 aromatic heterocycles. The maximum absolute atomic E-state index is 12.6. The van der Waals surface area contributed by atoms with Gasteiger partial charge in [0.1, 0.15) is 30.5 Å². The van der Waals surface area contributed by atoms with Gasteiger partial charge in [0.15, 0.2) is 6.29 Å². The van der Waals surface area contributed by atoms with Crippen LogP contribution in [0.3, 0.4) is 0 Å². The van der Waals surface area contributed by atoms with Crippen LogP contribution in [-0.4, -0.2) is 97.5 Å². The molecule has 0 spiro atoms. The molecule has 320 valence electrons. The Morgan fingerprint density at radius 1 is 0.696 bits per heavy atom. The fourth-order valence-electron chi connectivity index (χ4n) is 5.47. The minimum Gasteiger partial charge on any atom is -0.457 e. The highest BCUT2D eigenvalue weighted by atomic mass is 32.3. The summed E-state index contributed by atoms with van der Waals surface area (Å²) in [6, 6.07) is 0. The van der Waals surface area contributed by atoms with E-state index in [4.69, 9.17) is 23.5 Å². The van der Waals surface area contributed by atoms with Crippen molar-refractivity contribution in [2.45, 2.75) is 153 Å². The van der Waals surface area contributed by atoms with Crippen molar-refractivity contribution in [3.63, 3.8) is 0 Å². The van der Waals surface area contributed by atoms with Gasteiger partial charge in [-0.15, -0.1) is 0 Å². The zero-order valence-electron chi connectivity index (χ0n) is 33.7. The van der Waals surface area contributed by atoms with E-state index in [1.807, 2.05) is 0 Å². The number of aliphatic hydroxyl groups excluding tert-OH is 3. The average molecular weight is 811 g/mol. The number of unbranched alkanes of at least 4 members (excludes halogenated alkanes) is 6. The Bertz CT molecular complexity index is 1300. The Labute approximate surface area is 336 Å². The van der Waals surface area contributed by atoms with E-state index in [1.54, 1.807) is 0 Å². The molecule has 56 heavy (non-hydrogen) atoms. The lowest BCUT2D eigenvalue weighted by Crippen LogP contribution is -2.60. The summed E-state index contributed by atoms with van der Waals surface area (Å²) in [4.78, 5) is 12.6. The summed E-state index contributed by atoms with van der Waals surface area (Å²) in [6.07, 6.45) is 35.5. The van der Waals surface area contributed by atoms with Gasteiger partial charge in [0.2, 0.25) is 0 Å². The van der Waals surface area contributed by atoms with Crippen molar-refractivity contribution in [3.05, 3.63) is 85.1 Å². The maximum Gasteiger partial charge on any atom is 0.397 e.